The number of amides is 2. The van der Waals surface area contributed by atoms with Crippen molar-refractivity contribution in [1.82, 2.24) is 10.2 Å². The maximum absolute atomic E-state index is 14.0. The summed E-state index contributed by atoms with van der Waals surface area (Å²) in [7, 11) is -3.94. The number of nitrogens with one attached hydrogen (secondary N) is 1. The first-order valence-corrected chi connectivity index (χ1v) is 15.8. The number of halogens is 3. The fraction of sp³-hybridized carbons (Fsp3) is 0.310. The molecule has 0 aliphatic rings. The van der Waals surface area contributed by atoms with Gasteiger partial charge in [0.25, 0.3) is 0 Å². The molecule has 0 spiro atoms. The summed E-state index contributed by atoms with van der Waals surface area (Å²) in [5, 5.41) is 3.87. The lowest BCUT2D eigenvalue weighted by molar-refractivity contribution is -0.140. The molecular weight excluding hydrogens is 593 g/mol. The summed E-state index contributed by atoms with van der Waals surface area (Å²) in [5.74, 6) is -0.895. The molecule has 1 N–H and O–H groups in total. The summed E-state index contributed by atoms with van der Waals surface area (Å²) in [4.78, 5) is 29.0. The number of benzene rings is 3. The molecule has 40 heavy (non-hydrogen) atoms. The van der Waals surface area contributed by atoms with E-state index in [4.69, 9.17) is 34.8 Å². The first-order chi connectivity index (χ1) is 19.0. The quantitative estimate of drug-likeness (QED) is 0.238. The fourth-order valence-electron chi connectivity index (χ4n) is 4.12. The summed E-state index contributed by atoms with van der Waals surface area (Å²) in [6, 6.07) is 19.7. The Morgan fingerprint density at radius 1 is 0.900 bits per heavy atom. The number of nitrogens with zero attached hydrogens (tertiary/aromatic N) is 2. The Morgan fingerprint density at radius 3 is 2.15 bits per heavy atom. The van der Waals surface area contributed by atoms with E-state index in [0.717, 1.165) is 34.5 Å². The normalized spacial score (nSPS) is 12.0. The number of anilines is 1. The number of hydrogen-bond donors (Lipinski definition) is 1. The minimum absolute atomic E-state index is 0.0562. The third-order valence-electron chi connectivity index (χ3n) is 6.22. The summed E-state index contributed by atoms with van der Waals surface area (Å²) < 4.78 is 26.7. The van der Waals surface area contributed by atoms with Crippen molar-refractivity contribution in [1.29, 1.82) is 0 Å². The van der Waals surface area contributed by atoms with Gasteiger partial charge in [0.15, 0.2) is 0 Å². The highest BCUT2D eigenvalue weighted by Gasteiger charge is 2.33. The molecular formula is C29H32Cl3N3O4S. The highest BCUT2D eigenvalue weighted by atomic mass is 35.5. The predicted molar refractivity (Wildman–Crippen MR) is 163 cm³/mol. The zero-order chi connectivity index (χ0) is 29.3. The summed E-state index contributed by atoms with van der Waals surface area (Å²) in [6.07, 6.45) is 2.90. The van der Waals surface area contributed by atoms with Gasteiger partial charge < -0.3 is 10.2 Å². The highest BCUT2D eigenvalue weighted by Crippen LogP contribution is 2.30. The van der Waals surface area contributed by atoms with Crippen LogP contribution in [-0.4, -0.2) is 50.5 Å². The summed E-state index contributed by atoms with van der Waals surface area (Å²) in [6.45, 7) is 1.97. The molecule has 7 nitrogen and oxygen atoms in total. The van der Waals surface area contributed by atoms with Crippen LogP contribution in [0.25, 0.3) is 0 Å². The lowest BCUT2D eigenvalue weighted by Crippen LogP contribution is -2.53. The van der Waals surface area contributed by atoms with Gasteiger partial charge in [-0.1, -0.05) is 90.6 Å². The molecule has 0 heterocycles. The summed E-state index contributed by atoms with van der Waals surface area (Å²) >= 11 is 18.4. The second-order valence-corrected chi connectivity index (χ2v) is 12.6. The van der Waals surface area contributed by atoms with Gasteiger partial charge in [-0.15, -0.1) is 0 Å². The first-order valence-electron chi connectivity index (χ1n) is 12.8. The second kappa shape index (κ2) is 14.7. The van der Waals surface area contributed by atoms with Gasteiger partial charge in [0, 0.05) is 29.6 Å². The lowest BCUT2D eigenvalue weighted by Gasteiger charge is -2.33. The monoisotopic (exact) mass is 623 g/mol. The molecule has 0 saturated heterocycles. The van der Waals surface area contributed by atoms with E-state index in [1.807, 2.05) is 37.3 Å². The minimum atomic E-state index is -3.94. The van der Waals surface area contributed by atoms with Crippen molar-refractivity contribution < 1.29 is 18.0 Å². The zero-order valence-corrected chi connectivity index (χ0v) is 25.4. The van der Waals surface area contributed by atoms with Gasteiger partial charge in [-0.2, -0.15) is 0 Å². The standard InChI is InChI=1S/C29H32Cl3N3O4S/c1-3-4-16-33-29(37)27(17-21-8-6-5-7-9-21)34(19-22-10-12-23(30)13-11-22)28(36)20-35(40(2,38)39)26-15-14-24(31)18-25(26)32/h5-15,18,27H,3-4,16-17,19-20H2,1-2H3,(H,33,37)/t27-/m1/s1. The van der Waals surface area contributed by atoms with Crippen LogP contribution < -0.4 is 9.62 Å². The van der Waals surface area contributed by atoms with E-state index in [0.29, 0.717) is 16.6 Å². The number of sulfonamides is 1. The largest absolute Gasteiger partial charge is 0.354 e. The number of carbonyl (C=O) groups is 2. The van der Waals surface area contributed by atoms with Crippen LogP contribution in [0.2, 0.25) is 15.1 Å². The van der Waals surface area contributed by atoms with Crippen molar-refractivity contribution >= 4 is 62.3 Å². The van der Waals surface area contributed by atoms with Crippen LogP contribution in [0.5, 0.6) is 0 Å². The zero-order valence-electron chi connectivity index (χ0n) is 22.3. The average molecular weight is 625 g/mol. The highest BCUT2D eigenvalue weighted by molar-refractivity contribution is 7.92. The number of carbonyl (C=O) groups excluding carboxylic acids is 2. The van der Waals surface area contributed by atoms with Crippen LogP contribution in [0.4, 0.5) is 5.69 Å². The third-order valence-corrected chi connectivity index (χ3v) is 8.14. The molecule has 0 aromatic heterocycles. The Hall–Kier alpha value is -2.78. The van der Waals surface area contributed by atoms with E-state index in [1.54, 1.807) is 24.3 Å². The molecule has 0 aliphatic carbocycles. The van der Waals surface area contributed by atoms with Crippen LogP contribution >= 0.6 is 34.8 Å². The molecule has 0 radical (unpaired) electrons. The molecule has 3 rings (SSSR count). The minimum Gasteiger partial charge on any atom is -0.354 e. The maximum atomic E-state index is 14.0. The average Bonchev–Trinajstić information content (AvgIpc) is 2.90. The van der Waals surface area contributed by atoms with Crippen LogP contribution in [-0.2, 0) is 32.6 Å². The van der Waals surface area contributed by atoms with Gasteiger partial charge in [-0.3, -0.25) is 13.9 Å². The number of hydrogen-bond acceptors (Lipinski definition) is 4. The number of rotatable bonds is 13. The van der Waals surface area contributed by atoms with Gasteiger partial charge >= 0.3 is 0 Å². The summed E-state index contributed by atoms with van der Waals surface area (Å²) in [5.41, 5.74) is 1.70. The molecule has 214 valence electrons. The van der Waals surface area contributed by atoms with Gasteiger partial charge in [-0.25, -0.2) is 8.42 Å². The van der Waals surface area contributed by atoms with Gasteiger partial charge in [0.2, 0.25) is 21.8 Å². The van der Waals surface area contributed by atoms with E-state index in [1.165, 1.54) is 23.1 Å². The third kappa shape index (κ3) is 9.13. The molecule has 0 saturated carbocycles. The Labute approximate surface area is 251 Å². The first kappa shape index (κ1) is 31.7. The predicted octanol–water partition coefficient (Wildman–Crippen LogP) is 5.97. The molecule has 0 fully saturated rings. The molecule has 0 bridgehead atoms. The molecule has 0 unspecified atom stereocenters. The maximum Gasteiger partial charge on any atom is 0.244 e. The van der Waals surface area contributed by atoms with Crippen LogP contribution in [0.1, 0.15) is 30.9 Å². The Morgan fingerprint density at radius 2 is 1.55 bits per heavy atom. The van der Waals surface area contributed by atoms with E-state index in [2.05, 4.69) is 5.32 Å². The van der Waals surface area contributed by atoms with Gasteiger partial charge in [0.05, 0.1) is 17.0 Å². The molecule has 11 heteroatoms. The fourth-order valence-corrected chi connectivity index (χ4v) is 5.67. The number of unbranched alkanes of at least 4 members (excludes halogenated alkanes) is 1. The Bertz CT molecular complexity index is 1400. The molecule has 0 aliphatic heterocycles. The van der Waals surface area contributed by atoms with Crippen molar-refractivity contribution in [2.24, 2.45) is 0 Å². The van der Waals surface area contributed by atoms with Gasteiger partial charge in [-0.05, 0) is 47.9 Å². The van der Waals surface area contributed by atoms with Crippen molar-refractivity contribution in [3.63, 3.8) is 0 Å². The molecule has 3 aromatic rings. The van der Waals surface area contributed by atoms with Crippen molar-refractivity contribution in [2.45, 2.75) is 38.8 Å². The molecule has 3 aromatic carbocycles. The smallest absolute Gasteiger partial charge is 0.244 e. The molecule has 2 amide bonds. The van der Waals surface area contributed by atoms with Crippen LogP contribution in [0.15, 0.2) is 72.8 Å². The van der Waals surface area contributed by atoms with E-state index in [9.17, 15) is 18.0 Å². The SMILES string of the molecule is CCCCNC(=O)[C@@H](Cc1ccccc1)N(Cc1ccc(Cl)cc1)C(=O)CN(c1ccc(Cl)cc1Cl)S(C)(=O)=O. The van der Waals surface area contributed by atoms with Crippen LogP contribution in [0.3, 0.4) is 0 Å². The van der Waals surface area contributed by atoms with Crippen LogP contribution in [0, 0.1) is 0 Å². The Balaban J connectivity index is 2.04. The lowest BCUT2D eigenvalue weighted by atomic mass is 10.0. The van der Waals surface area contributed by atoms with E-state index >= 15 is 0 Å². The van der Waals surface area contributed by atoms with Crippen molar-refractivity contribution in [3.8, 4) is 0 Å². The van der Waals surface area contributed by atoms with E-state index < -0.39 is 28.5 Å². The van der Waals surface area contributed by atoms with Crippen molar-refractivity contribution in [3.05, 3.63) is 99.0 Å². The Kier molecular flexibility index (Phi) is 11.7. The van der Waals surface area contributed by atoms with Crippen molar-refractivity contribution in [2.75, 3.05) is 23.7 Å². The topological polar surface area (TPSA) is 86.8 Å². The van der Waals surface area contributed by atoms with E-state index in [-0.39, 0.29) is 29.6 Å². The molecule has 1 atom stereocenters. The van der Waals surface area contributed by atoms with Gasteiger partial charge in [0.1, 0.15) is 12.6 Å². The second-order valence-electron chi connectivity index (χ2n) is 9.36.